The van der Waals surface area contributed by atoms with Crippen LogP contribution in [0.15, 0.2) is 60.7 Å². The molecule has 170 valence electrons. The zero-order chi connectivity index (χ0) is 23.9. The van der Waals surface area contributed by atoms with E-state index in [1.807, 2.05) is 45.0 Å². The highest BCUT2D eigenvalue weighted by Gasteiger charge is 2.24. The first-order valence-electron chi connectivity index (χ1n) is 11.5. The summed E-state index contributed by atoms with van der Waals surface area (Å²) in [6.07, 6.45) is 0. The van der Waals surface area contributed by atoms with Crippen molar-refractivity contribution in [2.24, 2.45) is 0 Å². The molecule has 1 amide bonds. The van der Waals surface area contributed by atoms with Crippen LogP contribution in [0.2, 0.25) is 0 Å². The van der Waals surface area contributed by atoms with Crippen molar-refractivity contribution in [3.63, 3.8) is 0 Å². The standard InChI is InChI=1S/C29H33N3O/c1-18-16-19(2)26(20(3)17-18)31-28(33)21(4)32-25-11-9-8-10-24(25)30-27(32)22-12-14-23(15-13-22)29(5,6)7/h8-17,21H,1-7H3,(H,31,33). The number of benzene rings is 3. The van der Waals surface area contributed by atoms with E-state index in [-0.39, 0.29) is 11.3 Å². The minimum atomic E-state index is -0.435. The smallest absolute Gasteiger partial charge is 0.247 e. The predicted octanol–water partition coefficient (Wildman–Crippen LogP) is 7.13. The third kappa shape index (κ3) is 4.43. The first kappa shape index (κ1) is 22.8. The van der Waals surface area contributed by atoms with Gasteiger partial charge in [0, 0.05) is 11.3 Å². The Morgan fingerprint density at radius 1 is 0.939 bits per heavy atom. The number of hydrogen-bond donors (Lipinski definition) is 1. The van der Waals surface area contributed by atoms with Gasteiger partial charge in [0.05, 0.1) is 11.0 Å². The first-order chi connectivity index (χ1) is 15.6. The van der Waals surface area contributed by atoms with Crippen LogP contribution in [0.1, 0.15) is 56.0 Å². The normalized spacial score (nSPS) is 12.7. The second kappa shape index (κ2) is 8.51. The van der Waals surface area contributed by atoms with Gasteiger partial charge < -0.3 is 9.88 Å². The van der Waals surface area contributed by atoms with Crippen molar-refractivity contribution in [1.82, 2.24) is 9.55 Å². The molecule has 4 nitrogen and oxygen atoms in total. The van der Waals surface area contributed by atoms with Gasteiger partial charge in [0.25, 0.3) is 0 Å². The molecule has 4 rings (SSSR count). The summed E-state index contributed by atoms with van der Waals surface area (Å²) in [7, 11) is 0. The number of aryl methyl sites for hydroxylation is 3. The second-order valence-electron chi connectivity index (χ2n) is 10.1. The zero-order valence-corrected chi connectivity index (χ0v) is 20.7. The molecule has 1 heterocycles. The lowest BCUT2D eigenvalue weighted by Crippen LogP contribution is -2.25. The largest absolute Gasteiger partial charge is 0.324 e. The van der Waals surface area contributed by atoms with E-state index < -0.39 is 6.04 Å². The molecule has 0 aliphatic rings. The molecule has 4 heteroatoms. The van der Waals surface area contributed by atoms with Gasteiger partial charge >= 0.3 is 0 Å². The van der Waals surface area contributed by atoms with Gasteiger partial charge in [-0.05, 0) is 61.9 Å². The molecule has 1 aromatic heterocycles. The Kier molecular flexibility index (Phi) is 5.87. The topological polar surface area (TPSA) is 46.9 Å². The third-order valence-corrected chi connectivity index (χ3v) is 6.30. The molecule has 1 unspecified atom stereocenters. The molecule has 4 aromatic rings. The van der Waals surface area contributed by atoms with Crippen molar-refractivity contribution in [3.8, 4) is 11.4 Å². The fourth-order valence-electron chi connectivity index (χ4n) is 4.48. The summed E-state index contributed by atoms with van der Waals surface area (Å²) in [5, 5.41) is 3.18. The maximum Gasteiger partial charge on any atom is 0.247 e. The van der Waals surface area contributed by atoms with Gasteiger partial charge in [-0.1, -0.05) is 74.9 Å². The summed E-state index contributed by atoms with van der Waals surface area (Å²) in [5.74, 6) is 0.748. The number of hydrogen-bond acceptors (Lipinski definition) is 2. The van der Waals surface area contributed by atoms with Crippen LogP contribution in [0.5, 0.6) is 0 Å². The number of aromatic nitrogens is 2. The SMILES string of the molecule is Cc1cc(C)c(NC(=O)C(C)n2c(-c3ccc(C(C)(C)C)cc3)nc3ccccc32)c(C)c1. The Labute approximate surface area is 196 Å². The number of carbonyl (C=O) groups excluding carboxylic acids is 1. The molecule has 33 heavy (non-hydrogen) atoms. The molecule has 1 atom stereocenters. The molecule has 3 aromatic carbocycles. The van der Waals surface area contributed by atoms with Crippen molar-refractivity contribution in [3.05, 3.63) is 82.9 Å². The van der Waals surface area contributed by atoms with Gasteiger partial charge in [0.1, 0.15) is 11.9 Å². The van der Waals surface area contributed by atoms with Gasteiger partial charge in [-0.3, -0.25) is 4.79 Å². The number of nitrogens with one attached hydrogen (secondary N) is 1. The molecule has 0 radical (unpaired) electrons. The number of anilines is 1. The van der Waals surface area contributed by atoms with Crippen molar-refractivity contribution in [1.29, 1.82) is 0 Å². The lowest BCUT2D eigenvalue weighted by Gasteiger charge is -2.21. The fourth-order valence-corrected chi connectivity index (χ4v) is 4.48. The van der Waals surface area contributed by atoms with Crippen LogP contribution in [-0.2, 0) is 10.2 Å². The fraction of sp³-hybridized carbons (Fsp3) is 0.310. The van der Waals surface area contributed by atoms with Gasteiger partial charge in [0.2, 0.25) is 5.91 Å². The Morgan fingerprint density at radius 3 is 2.15 bits per heavy atom. The summed E-state index contributed by atoms with van der Waals surface area (Å²) < 4.78 is 2.05. The van der Waals surface area contributed by atoms with E-state index in [2.05, 4.69) is 74.0 Å². The van der Waals surface area contributed by atoms with Crippen LogP contribution in [-0.4, -0.2) is 15.5 Å². The number of amides is 1. The molecule has 0 fully saturated rings. The minimum Gasteiger partial charge on any atom is -0.324 e. The monoisotopic (exact) mass is 439 g/mol. The van der Waals surface area contributed by atoms with Gasteiger partial charge in [0.15, 0.2) is 0 Å². The van der Waals surface area contributed by atoms with Crippen molar-refractivity contribution < 1.29 is 4.79 Å². The van der Waals surface area contributed by atoms with Crippen LogP contribution in [0.4, 0.5) is 5.69 Å². The predicted molar refractivity (Wildman–Crippen MR) is 138 cm³/mol. The summed E-state index contributed by atoms with van der Waals surface area (Å²) >= 11 is 0. The van der Waals surface area contributed by atoms with E-state index in [1.54, 1.807) is 0 Å². The number of carbonyl (C=O) groups is 1. The summed E-state index contributed by atoms with van der Waals surface area (Å²) in [6.45, 7) is 14.7. The molecule has 0 aliphatic carbocycles. The average Bonchev–Trinajstić information content (AvgIpc) is 3.14. The maximum absolute atomic E-state index is 13.5. The van der Waals surface area contributed by atoms with Gasteiger partial charge in [-0.15, -0.1) is 0 Å². The summed E-state index contributed by atoms with van der Waals surface area (Å²) in [5.41, 5.74) is 8.41. The second-order valence-corrected chi connectivity index (χ2v) is 10.1. The van der Waals surface area contributed by atoms with Crippen molar-refractivity contribution in [2.45, 2.75) is 59.9 Å². The van der Waals surface area contributed by atoms with E-state index in [0.29, 0.717) is 0 Å². The van der Waals surface area contributed by atoms with Gasteiger partial charge in [-0.25, -0.2) is 4.98 Å². The Morgan fingerprint density at radius 2 is 1.55 bits per heavy atom. The number of imidazole rings is 1. The van der Waals surface area contributed by atoms with Gasteiger partial charge in [-0.2, -0.15) is 0 Å². The first-order valence-corrected chi connectivity index (χ1v) is 11.5. The molecular weight excluding hydrogens is 406 g/mol. The van der Waals surface area contributed by atoms with E-state index in [1.165, 1.54) is 11.1 Å². The highest BCUT2D eigenvalue weighted by Crippen LogP contribution is 2.31. The van der Waals surface area contributed by atoms with Crippen LogP contribution < -0.4 is 5.32 Å². The molecule has 0 saturated heterocycles. The molecule has 0 bridgehead atoms. The van der Waals surface area contributed by atoms with E-state index >= 15 is 0 Å². The quantitative estimate of drug-likeness (QED) is 0.368. The minimum absolute atomic E-state index is 0.0548. The van der Waals surface area contributed by atoms with Crippen LogP contribution in [0, 0.1) is 20.8 Å². The van der Waals surface area contributed by atoms with Crippen LogP contribution in [0.3, 0.4) is 0 Å². The average molecular weight is 440 g/mol. The summed E-state index contributed by atoms with van der Waals surface area (Å²) in [4.78, 5) is 18.4. The molecule has 1 N–H and O–H groups in total. The Balaban J connectivity index is 1.76. The number of para-hydroxylation sites is 2. The molecule has 0 aliphatic heterocycles. The highest BCUT2D eigenvalue weighted by atomic mass is 16.2. The molecule has 0 spiro atoms. The maximum atomic E-state index is 13.5. The van der Waals surface area contributed by atoms with Crippen molar-refractivity contribution >= 4 is 22.6 Å². The summed E-state index contributed by atoms with van der Waals surface area (Å²) in [6, 6.07) is 20.3. The third-order valence-electron chi connectivity index (χ3n) is 6.30. The van der Waals surface area contributed by atoms with E-state index in [4.69, 9.17) is 4.98 Å². The Hall–Kier alpha value is -3.40. The molecular formula is C29H33N3O. The van der Waals surface area contributed by atoms with Crippen molar-refractivity contribution in [2.75, 3.05) is 5.32 Å². The zero-order valence-electron chi connectivity index (χ0n) is 20.7. The van der Waals surface area contributed by atoms with E-state index in [0.717, 1.165) is 39.2 Å². The van der Waals surface area contributed by atoms with E-state index in [9.17, 15) is 4.79 Å². The lowest BCUT2D eigenvalue weighted by molar-refractivity contribution is -0.118. The molecule has 0 saturated carbocycles. The Bertz CT molecular complexity index is 1300. The number of nitrogens with zero attached hydrogens (tertiary/aromatic N) is 2. The lowest BCUT2D eigenvalue weighted by atomic mass is 9.86. The van der Waals surface area contributed by atoms with Crippen LogP contribution >= 0.6 is 0 Å². The van der Waals surface area contributed by atoms with Crippen LogP contribution in [0.25, 0.3) is 22.4 Å². The highest BCUT2D eigenvalue weighted by molar-refractivity contribution is 5.96. The number of rotatable bonds is 4. The number of fused-ring (bicyclic) bond motifs is 1.